The minimum absolute atomic E-state index is 0.316. The predicted octanol–water partition coefficient (Wildman–Crippen LogP) is 9.00. The Labute approximate surface area is 278 Å². The molecule has 1 aliphatic rings. The largest absolute Gasteiger partial charge is 0.490 e. The van der Waals surface area contributed by atoms with Crippen LogP contribution in [-0.2, 0) is 25.5 Å². The van der Waals surface area contributed by atoms with Crippen molar-refractivity contribution in [1.82, 2.24) is 0 Å². The third-order valence-electron chi connectivity index (χ3n) is 8.37. The summed E-state index contributed by atoms with van der Waals surface area (Å²) in [6.07, 6.45) is 12.8. The molecular weight excluding hydrogens is 605 g/mol. The Balaban J connectivity index is 1.38. The molecule has 1 atom stereocenters. The number of benzene rings is 2. The van der Waals surface area contributed by atoms with Crippen molar-refractivity contribution in [2.24, 2.45) is 11.8 Å². The molecule has 0 radical (unpaired) electrons. The Morgan fingerprint density at radius 2 is 1.47 bits per heavy atom. The molecule has 0 aromatic heterocycles. The number of hydrogen-bond donors (Lipinski definition) is 0. The van der Waals surface area contributed by atoms with Gasteiger partial charge < -0.3 is 18.9 Å². The summed E-state index contributed by atoms with van der Waals surface area (Å²) in [6.45, 7) is 10.5. The monoisotopic (exact) mass is 654 g/mol. The SMILES string of the molecule is C=CC(=O)OCCC(CCOC(=O)C(=C)C)C1CCC(c2ccc(OCCOc3ccc(CCCCSSC)cc3)cc2)CC1. The maximum atomic E-state index is 11.8. The molecule has 0 saturated heterocycles. The first-order valence-electron chi connectivity index (χ1n) is 16.1. The van der Waals surface area contributed by atoms with Gasteiger partial charge in [0.2, 0.25) is 0 Å². The van der Waals surface area contributed by atoms with Gasteiger partial charge in [-0.25, -0.2) is 9.59 Å². The molecule has 1 unspecified atom stereocenters. The summed E-state index contributed by atoms with van der Waals surface area (Å²) in [4.78, 5) is 23.4. The standard InChI is InChI=1S/C37H50O6S2/c1-5-36(38)42-23-21-33(22-24-43-37(39)28(2)3)31-13-11-30(12-14-31)32-15-19-35(20-16-32)41-26-25-40-34-17-9-29(10-18-34)8-6-7-27-45-44-4/h5,9-10,15-20,30-31,33H,1-2,6-8,11-14,21-27H2,3-4H3. The van der Waals surface area contributed by atoms with Gasteiger partial charge in [0, 0.05) is 17.4 Å². The number of carbonyl (C=O) groups is 2. The second kappa shape index (κ2) is 21.0. The van der Waals surface area contributed by atoms with E-state index < -0.39 is 5.97 Å². The molecule has 0 amide bonds. The van der Waals surface area contributed by atoms with E-state index in [4.69, 9.17) is 18.9 Å². The average molecular weight is 655 g/mol. The van der Waals surface area contributed by atoms with Crippen molar-refractivity contribution >= 4 is 33.5 Å². The Hall–Kier alpha value is -2.84. The Morgan fingerprint density at radius 1 is 0.867 bits per heavy atom. The Bertz CT molecular complexity index is 1170. The molecule has 1 saturated carbocycles. The van der Waals surface area contributed by atoms with Crippen LogP contribution in [0, 0.1) is 11.8 Å². The Kier molecular flexibility index (Phi) is 17.1. The van der Waals surface area contributed by atoms with Gasteiger partial charge in [0.1, 0.15) is 24.7 Å². The van der Waals surface area contributed by atoms with E-state index in [-0.39, 0.29) is 5.97 Å². The fraction of sp³-hybridized carbons (Fsp3) is 0.514. The topological polar surface area (TPSA) is 71.1 Å². The van der Waals surface area contributed by atoms with Gasteiger partial charge in [0.25, 0.3) is 0 Å². The fourth-order valence-electron chi connectivity index (χ4n) is 5.82. The average Bonchev–Trinajstić information content (AvgIpc) is 3.06. The quantitative estimate of drug-likeness (QED) is 0.0572. The van der Waals surface area contributed by atoms with Crippen molar-refractivity contribution in [3.8, 4) is 11.5 Å². The summed E-state index contributed by atoms with van der Waals surface area (Å²) < 4.78 is 22.5. The van der Waals surface area contributed by atoms with Crippen molar-refractivity contribution in [2.75, 3.05) is 38.4 Å². The van der Waals surface area contributed by atoms with E-state index in [1.165, 1.54) is 35.8 Å². The van der Waals surface area contributed by atoms with E-state index in [1.807, 2.05) is 33.7 Å². The number of rotatable bonds is 21. The van der Waals surface area contributed by atoms with Crippen molar-refractivity contribution in [3.63, 3.8) is 0 Å². The predicted molar refractivity (Wildman–Crippen MR) is 187 cm³/mol. The second-order valence-electron chi connectivity index (χ2n) is 11.6. The van der Waals surface area contributed by atoms with Crippen LogP contribution in [0.2, 0.25) is 0 Å². The van der Waals surface area contributed by atoms with Gasteiger partial charge in [0.15, 0.2) is 0 Å². The molecule has 0 bridgehead atoms. The van der Waals surface area contributed by atoms with Crippen LogP contribution >= 0.6 is 21.6 Å². The zero-order valence-corrected chi connectivity index (χ0v) is 28.6. The summed E-state index contributed by atoms with van der Waals surface area (Å²) in [5.74, 6) is 3.50. The normalized spacial score (nSPS) is 16.8. The lowest BCUT2D eigenvalue weighted by molar-refractivity contribution is -0.139. The molecular formula is C37H50O6S2. The van der Waals surface area contributed by atoms with Crippen LogP contribution in [0.3, 0.4) is 0 Å². The summed E-state index contributed by atoms with van der Waals surface area (Å²) in [6, 6.07) is 16.9. The number of aryl methyl sites for hydroxylation is 1. The summed E-state index contributed by atoms with van der Waals surface area (Å²) in [7, 11) is 3.77. The van der Waals surface area contributed by atoms with Crippen molar-refractivity contribution in [3.05, 3.63) is 84.5 Å². The van der Waals surface area contributed by atoms with Crippen molar-refractivity contribution in [2.45, 2.75) is 70.6 Å². The van der Waals surface area contributed by atoms with Gasteiger partial charge in [0.05, 0.1) is 13.2 Å². The van der Waals surface area contributed by atoms with Crippen LogP contribution in [0.25, 0.3) is 0 Å². The van der Waals surface area contributed by atoms with Crippen LogP contribution in [0.1, 0.15) is 75.3 Å². The summed E-state index contributed by atoms with van der Waals surface area (Å²) in [5, 5.41) is 0. The molecule has 0 heterocycles. The molecule has 0 spiro atoms. The lowest BCUT2D eigenvalue weighted by Gasteiger charge is -2.34. The van der Waals surface area contributed by atoms with E-state index in [1.54, 1.807) is 6.92 Å². The van der Waals surface area contributed by atoms with E-state index in [9.17, 15) is 9.59 Å². The van der Waals surface area contributed by atoms with Crippen molar-refractivity contribution < 1.29 is 28.5 Å². The van der Waals surface area contributed by atoms with Gasteiger partial charge in [-0.15, -0.1) is 0 Å². The maximum Gasteiger partial charge on any atom is 0.333 e. The molecule has 45 heavy (non-hydrogen) atoms. The minimum atomic E-state index is -0.404. The van der Waals surface area contributed by atoms with Crippen LogP contribution in [0.5, 0.6) is 11.5 Å². The highest BCUT2D eigenvalue weighted by Gasteiger charge is 2.28. The number of ether oxygens (including phenoxy) is 4. The highest BCUT2D eigenvalue weighted by Crippen LogP contribution is 2.41. The number of hydrogen-bond acceptors (Lipinski definition) is 8. The molecule has 246 valence electrons. The van der Waals surface area contributed by atoms with Crippen LogP contribution in [-0.4, -0.2) is 50.4 Å². The van der Waals surface area contributed by atoms with Gasteiger partial charge >= 0.3 is 11.9 Å². The number of carbonyl (C=O) groups excluding carboxylic acids is 2. The molecule has 1 fully saturated rings. The maximum absolute atomic E-state index is 11.8. The van der Waals surface area contributed by atoms with Crippen LogP contribution in [0.4, 0.5) is 0 Å². The molecule has 6 nitrogen and oxygen atoms in total. The molecule has 1 aliphatic carbocycles. The lowest BCUT2D eigenvalue weighted by Crippen LogP contribution is -2.24. The van der Waals surface area contributed by atoms with Gasteiger partial charge in [-0.2, -0.15) is 0 Å². The number of unbranched alkanes of at least 4 members (excludes halogenated alkanes) is 1. The third kappa shape index (κ3) is 14.0. The summed E-state index contributed by atoms with van der Waals surface area (Å²) in [5.41, 5.74) is 3.10. The highest BCUT2D eigenvalue weighted by molar-refractivity contribution is 8.76. The van der Waals surface area contributed by atoms with E-state index in [2.05, 4.69) is 55.8 Å². The second-order valence-corrected chi connectivity index (χ2v) is 14.3. The Morgan fingerprint density at radius 3 is 2.04 bits per heavy atom. The molecule has 2 aromatic rings. The lowest BCUT2D eigenvalue weighted by atomic mass is 9.72. The van der Waals surface area contributed by atoms with Crippen molar-refractivity contribution in [1.29, 1.82) is 0 Å². The van der Waals surface area contributed by atoms with Gasteiger partial charge in [-0.3, -0.25) is 0 Å². The fourth-order valence-corrected chi connectivity index (χ4v) is 7.16. The smallest absolute Gasteiger partial charge is 0.333 e. The zero-order chi connectivity index (χ0) is 32.3. The highest BCUT2D eigenvalue weighted by atomic mass is 33.1. The third-order valence-corrected chi connectivity index (χ3v) is 10.3. The van der Waals surface area contributed by atoms with E-state index in [0.717, 1.165) is 56.4 Å². The minimum Gasteiger partial charge on any atom is -0.490 e. The molecule has 8 heteroatoms. The van der Waals surface area contributed by atoms with E-state index in [0.29, 0.717) is 49.8 Å². The molecule has 0 N–H and O–H groups in total. The first-order chi connectivity index (χ1) is 21.9. The zero-order valence-electron chi connectivity index (χ0n) is 27.0. The first kappa shape index (κ1) is 36.6. The molecule has 0 aliphatic heterocycles. The van der Waals surface area contributed by atoms with Gasteiger partial charge in [-0.1, -0.05) is 59.0 Å². The molecule has 2 aromatic carbocycles. The summed E-state index contributed by atoms with van der Waals surface area (Å²) >= 11 is 0. The van der Waals surface area contributed by atoms with Crippen LogP contribution < -0.4 is 9.47 Å². The molecule has 3 rings (SSSR count). The van der Waals surface area contributed by atoms with Crippen LogP contribution in [0.15, 0.2) is 73.3 Å². The number of esters is 2. The van der Waals surface area contributed by atoms with Gasteiger partial charge in [-0.05, 0) is 124 Å². The van der Waals surface area contributed by atoms with E-state index >= 15 is 0 Å². The first-order valence-corrected chi connectivity index (χ1v) is 18.8.